The average molecular weight is 231 g/mol. The molecule has 3 rings (SSSR count). The quantitative estimate of drug-likeness (QED) is 0.808. The largest absolute Gasteiger partial charge is 0.383 e. The average Bonchev–Trinajstić information content (AvgIpc) is 2.78. The first-order chi connectivity index (χ1) is 8.24. The zero-order valence-electron chi connectivity index (χ0n) is 10.6. The number of hydrogen-bond acceptors (Lipinski definition) is 3. The summed E-state index contributed by atoms with van der Waals surface area (Å²) in [6.07, 6.45) is 8.45. The third kappa shape index (κ3) is 2.03. The molecule has 92 valence electrons. The standard InChI is InChI=1S/C14H21N3/c1-9-5-7-10(8-6-9)14-16-12-4-2-3-11(12)13(15)17-14/h9-10H,2-8H2,1H3,(H2,15,16,17). The molecule has 3 nitrogen and oxygen atoms in total. The van der Waals surface area contributed by atoms with Crippen molar-refractivity contribution >= 4 is 5.82 Å². The summed E-state index contributed by atoms with van der Waals surface area (Å²) < 4.78 is 0. The molecule has 3 heteroatoms. The lowest BCUT2D eigenvalue weighted by molar-refractivity contribution is 0.339. The number of aromatic nitrogens is 2. The fourth-order valence-corrected chi connectivity index (χ4v) is 3.18. The molecule has 2 N–H and O–H groups in total. The van der Waals surface area contributed by atoms with Gasteiger partial charge in [-0.25, -0.2) is 9.97 Å². The zero-order chi connectivity index (χ0) is 11.8. The summed E-state index contributed by atoms with van der Waals surface area (Å²) in [5, 5.41) is 0. The number of hydrogen-bond donors (Lipinski definition) is 1. The fourth-order valence-electron chi connectivity index (χ4n) is 3.18. The van der Waals surface area contributed by atoms with Gasteiger partial charge in [-0.1, -0.05) is 19.8 Å². The Hall–Kier alpha value is -1.12. The lowest BCUT2D eigenvalue weighted by Crippen LogP contribution is -2.15. The van der Waals surface area contributed by atoms with Crippen LogP contribution in [0, 0.1) is 5.92 Å². The predicted molar refractivity (Wildman–Crippen MR) is 68.8 cm³/mol. The van der Waals surface area contributed by atoms with Gasteiger partial charge in [-0.15, -0.1) is 0 Å². The number of nitrogen functional groups attached to an aromatic ring is 1. The Morgan fingerprint density at radius 1 is 1.06 bits per heavy atom. The smallest absolute Gasteiger partial charge is 0.134 e. The van der Waals surface area contributed by atoms with E-state index in [1.165, 1.54) is 43.4 Å². The molecule has 1 aromatic rings. The molecule has 0 amide bonds. The maximum Gasteiger partial charge on any atom is 0.134 e. The number of nitrogens with two attached hydrogens (primary N) is 1. The van der Waals surface area contributed by atoms with E-state index < -0.39 is 0 Å². The van der Waals surface area contributed by atoms with Crippen molar-refractivity contribution in [2.45, 2.75) is 57.8 Å². The van der Waals surface area contributed by atoms with E-state index in [1.807, 2.05) is 0 Å². The van der Waals surface area contributed by atoms with Crippen LogP contribution in [-0.4, -0.2) is 9.97 Å². The first-order valence-electron chi connectivity index (χ1n) is 6.89. The topological polar surface area (TPSA) is 51.8 Å². The van der Waals surface area contributed by atoms with E-state index >= 15 is 0 Å². The van der Waals surface area contributed by atoms with Crippen LogP contribution in [0.1, 0.15) is 62.0 Å². The van der Waals surface area contributed by atoms with E-state index in [0.717, 1.165) is 30.4 Å². The van der Waals surface area contributed by atoms with Crippen LogP contribution < -0.4 is 5.73 Å². The Kier molecular flexibility index (Phi) is 2.77. The van der Waals surface area contributed by atoms with Gasteiger partial charge >= 0.3 is 0 Å². The first-order valence-corrected chi connectivity index (χ1v) is 6.89. The van der Waals surface area contributed by atoms with Gasteiger partial charge in [0, 0.05) is 17.2 Å². The van der Waals surface area contributed by atoms with E-state index in [1.54, 1.807) is 0 Å². The molecule has 1 aromatic heterocycles. The van der Waals surface area contributed by atoms with Crippen LogP contribution in [0.3, 0.4) is 0 Å². The maximum absolute atomic E-state index is 6.06. The van der Waals surface area contributed by atoms with Gasteiger partial charge in [0.05, 0.1) is 0 Å². The molecule has 0 bridgehead atoms. The number of fused-ring (bicyclic) bond motifs is 1. The van der Waals surface area contributed by atoms with E-state index in [0.29, 0.717) is 5.92 Å². The van der Waals surface area contributed by atoms with Crippen molar-refractivity contribution in [3.8, 4) is 0 Å². The van der Waals surface area contributed by atoms with Crippen LogP contribution in [0.2, 0.25) is 0 Å². The molecule has 1 saturated carbocycles. The Morgan fingerprint density at radius 2 is 1.82 bits per heavy atom. The third-order valence-electron chi connectivity index (χ3n) is 4.36. The van der Waals surface area contributed by atoms with Crippen molar-refractivity contribution < 1.29 is 0 Å². The summed E-state index contributed by atoms with van der Waals surface area (Å²) in [4.78, 5) is 9.33. The zero-order valence-corrected chi connectivity index (χ0v) is 10.6. The van der Waals surface area contributed by atoms with E-state index in [-0.39, 0.29) is 0 Å². The van der Waals surface area contributed by atoms with Crippen molar-refractivity contribution in [2.75, 3.05) is 5.73 Å². The van der Waals surface area contributed by atoms with Crippen molar-refractivity contribution in [1.82, 2.24) is 9.97 Å². The Labute approximate surface area is 103 Å². The molecule has 2 aliphatic carbocycles. The summed E-state index contributed by atoms with van der Waals surface area (Å²) >= 11 is 0. The summed E-state index contributed by atoms with van der Waals surface area (Å²) in [5.74, 6) is 3.20. The Morgan fingerprint density at radius 3 is 2.59 bits per heavy atom. The van der Waals surface area contributed by atoms with Crippen molar-refractivity contribution in [3.05, 3.63) is 17.1 Å². The second-order valence-corrected chi connectivity index (χ2v) is 5.70. The summed E-state index contributed by atoms with van der Waals surface area (Å²) in [5.41, 5.74) is 8.50. The minimum absolute atomic E-state index is 0.555. The molecule has 0 aliphatic heterocycles. The van der Waals surface area contributed by atoms with Gasteiger partial charge in [0.15, 0.2) is 0 Å². The van der Waals surface area contributed by atoms with Gasteiger partial charge in [0.25, 0.3) is 0 Å². The van der Waals surface area contributed by atoms with E-state index in [2.05, 4.69) is 11.9 Å². The second kappa shape index (κ2) is 4.28. The van der Waals surface area contributed by atoms with Crippen LogP contribution in [0.25, 0.3) is 0 Å². The molecule has 1 fully saturated rings. The Bertz CT molecular complexity index is 420. The van der Waals surface area contributed by atoms with Crippen molar-refractivity contribution in [2.24, 2.45) is 5.92 Å². The first kappa shape index (κ1) is 11.0. The van der Waals surface area contributed by atoms with Gasteiger partial charge in [0.1, 0.15) is 11.6 Å². The van der Waals surface area contributed by atoms with Gasteiger partial charge < -0.3 is 5.73 Å². The molecule has 0 radical (unpaired) electrons. The van der Waals surface area contributed by atoms with Crippen molar-refractivity contribution in [3.63, 3.8) is 0 Å². The molecule has 0 atom stereocenters. The highest BCUT2D eigenvalue weighted by Gasteiger charge is 2.25. The molecule has 0 aromatic carbocycles. The summed E-state index contributed by atoms with van der Waals surface area (Å²) in [6.45, 7) is 2.34. The molecule has 0 saturated heterocycles. The molecule has 2 aliphatic rings. The maximum atomic E-state index is 6.06. The predicted octanol–water partition coefficient (Wildman–Crippen LogP) is 2.84. The number of nitrogens with zero attached hydrogens (tertiary/aromatic N) is 2. The molecular weight excluding hydrogens is 210 g/mol. The minimum Gasteiger partial charge on any atom is -0.383 e. The van der Waals surface area contributed by atoms with Crippen molar-refractivity contribution in [1.29, 1.82) is 0 Å². The van der Waals surface area contributed by atoms with E-state index in [9.17, 15) is 0 Å². The summed E-state index contributed by atoms with van der Waals surface area (Å²) in [6, 6.07) is 0. The van der Waals surface area contributed by atoms with Gasteiger partial charge in [0.2, 0.25) is 0 Å². The molecule has 0 unspecified atom stereocenters. The van der Waals surface area contributed by atoms with Gasteiger partial charge in [-0.05, 0) is 38.0 Å². The molecule has 0 spiro atoms. The second-order valence-electron chi connectivity index (χ2n) is 5.70. The van der Waals surface area contributed by atoms with Crippen LogP contribution in [0.15, 0.2) is 0 Å². The number of rotatable bonds is 1. The highest BCUT2D eigenvalue weighted by molar-refractivity contribution is 5.45. The monoisotopic (exact) mass is 231 g/mol. The van der Waals surface area contributed by atoms with Gasteiger partial charge in [-0.2, -0.15) is 0 Å². The van der Waals surface area contributed by atoms with Crippen LogP contribution in [-0.2, 0) is 12.8 Å². The SMILES string of the molecule is CC1CCC(c2nc(N)c3c(n2)CCC3)CC1. The number of aryl methyl sites for hydroxylation is 1. The highest BCUT2D eigenvalue weighted by Crippen LogP contribution is 2.35. The lowest BCUT2D eigenvalue weighted by atomic mass is 9.82. The molecule has 17 heavy (non-hydrogen) atoms. The summed E-state index contributed by atoms with van der Waals surface area (Å²) in [7, 11) is 0. The lowest BCUT2D eigenvalue weighted by Gasteiger charge is -2.25. The number of anilines is 1. The Balaban J connectivity index is 1.86. The minimum atomic E-state index is 0.555. The normalized spacial score (nSPS) is 28.1. The van der Waals surface area contributed by atoms with Gasteiger partial charge in [-0.3, -0.25) is 0 Å². The van der Waals surface area contributed by atoms with Crippen LogP contribution in [0.5, 0.6) is 0 Å². The van der Waals surface area contributed by atoms with E-state index in [4.69, 9.17) is 10.7 Å². The highest BCUT2D eigenvalue weighted by atomic mass is 15.0. The van der Waals surface area contributed by atoms with Crippen LogP contribution in [0.4, 0.5) is 5.82 Å². The van der Waals surface area contributed by atoms with Crippen LogP contribution >= 0.6 is 0 Å². The molecular formula is C14H21N3. The molecule has 1 heterocycles. The fraction of sp³-hybridized carbons (Fsp3) is 0.714. The third-order valence-corrected chi connectivity index (χ3v) is 4.36.